The second-order valence-corrected chi connectivity index (χ2v) is 7.40. The Bertz CT molecular complexity index is 750. The highest BCUT2D eigenvalue weighted by molar-refractivity contribution is 5.89. The molecule has 172 valence electrons. The molecule has 0 N–H and O–H groups in total. The highest BCUT2D eigenvalue weighted by Crippen LogP contribution is 2.19. The SMILES string of the molecule is [CH2]CCCCCC[C](OOC(=O)c1ccc(CC)cc1)OOC(=O)c1ccc(CC)cc1. The normalized spacial score (nSPS) is 10.9. The van der Waals surface area contributed by atoms with Gasteiger partial charge in [0.15, 0.2) is 0 Å². The molecule has 0 aliphatic carbocycles. The third-order valence-corrected chi connectivity index (χ3v) is 5.00. The van der Waals surface area contributed by atoms with E-state index in [1.165, 1.54) is 0 Å². The van der Waals surface area contributed by atoms with Gasteiger partial charge < -0.3 is 0 Å². The van der Waals surface area contributed by atoms with Gasteiger partial charge in [-0.1, -0.05) is 70.7 Å². The van der Waals surface area contributed by atoms with E-state index < -0.39 is 11.9 Å². The van der Waals surface area contributed by atoms with Crippen LogP contribution in [0.2, 0.25) is 0 Å². The van der Waals surface area contributed by atoms with Crippen LogP contribution in [0, 0.1) is 13.2 Å². The number of unbranched alkanes of at least 4 members (excludes halogenated alkanes) is 4. The third-order valence-electron chi connectivity index (χ3n) is 5.00. The topological polar surface area (TPSA) is 71.1 Å². The fourth-order valence-electron chi connectivity index (χ4n) is 2.91. The number of hydrogen-bond donors (Lipinski definition) is 0. The molecule has 0 unspecified atom stereocenters. The number of rotatable bonds is 14. The second-order valence-electron chi connectivity index (χ2n) is 7.40. The molecular formula is C26H32O6. The van der Waals surface area contributed by atoms with Crippen LogP contribution in [0.25, 0.3) is 0 Å². The quantitative estimate of drug-likeness (QED) is 0.194. The van der Waals surface area contributed by atoms with Gasteiger partial charge in [-0.2, -0.15) is 0 Å². The number of carbonyl (C=O) groups excluding carboxylic acids is 2. The Morgan fingerprint density at radius 2 is 1.09 bits per heavy atom. The van der Waals surface area contributed by atoms with Crippen LogP contribution in [0.1, 0.15) is 84.2 Å². The zero-order chi connectivity index (χ0) is 23.2. The standard InChI is InChI=1S/C26H32O6/c1-4-7-8-9-10-11-24(29-31-25(27)22-16-12-20(5-2)13-17-22)30-32-26(28)23-18-14-21(6-3)15-19-23/h12-19H,1,4-11H2,2-3H3. The second kappa shape index (κ2) is 14.4. The van der Waals surface area contributed by atoms with E-state index in [2.05, 4.69) is 6.92 Å². The lowest BCUT2D eigenvalue weighted by Crippen LogP contribution is -2.16. The summed E-state index contributed by atoms with van der Waals surface area (Å²) >= 11 is 0. The van der Waals surface area contributed by atoms with Crippen LogP contribution in [0.3, 0.4) is 0 Å². The van der Waals surface area contributed by atoms with Crippen molar-refractivity contribution in [3.05, 3.63) is 84.0 Å². The summed E-state index contributed by atoms with van der Waals surface area (Å²) in [5.74, 6) is -1.32. The smallest absolute Gasteiger partial charge is 0.289 e. The van der Waals surface area contributed by atoms with E-state index in [-0.39, 0.29) is 6.29 Å². The molecule has 0 aliphatic rings. The minimum atomic E-state index is -0.660. The molecule has 0 bridgehead atoms. The van der Waals surface area contributed by atoms with E-state index in [4.69, 9.17) is 19.6 Å². The van der Waals surface area contributed by atoms with Crippen LogP contribution in [0.4, 0.5) is 0 Å². The Morgan fingerprint density at radius 3 is 1.50 bits per heavy atom. The molecule has 2 rings (SSSR count). The van der Waals surface area contributed by atoms with E-state index >= 15 is 0 Å². The van der Waals surface area contributed by atoms with Crippen LogP contribution in [-0.4, -0.2) is 11.9 Å². The van der Waals surface area contributed by atoms with E-state index in [0.29, 0.717) is 17.5 Å². The molecule has 0 atom stereocenters. The zero-order valence-electron chi connectivity index (χ0n) is 18.9. The Labute approximate surface area is 190 Å². The molecule has 0 saturated carbocycles. The molecule has 0 saturated heterocycles. The van der Waals surface area contributed by atoms with Crippen LogP contribution in [-0.2, 0) is 32.4 Å². The molecule has 6 heteroatoms. The fraction of sp³-hybridized carbons (Fsp3) is 0.385. The largest absolute Gasteiger partial charge is 0.373 e. The Balaban J connectivity index is 1.89. The first-order valence-electron chi connectivity index (χ1n) is 11.2. The minimum absolute atomic E-state index is 0.0864. The number of benzene rings is 2. The maximum Gasteiger partial charge on any atom is 0.373 e. The van der Waals surface area contributed by atoms with Crippen molar-refractivity contribution in [2.45, 2.75) is 65.2 Å². The predicted octanol–water partition coefficient (Wildman–Crippen LogP) is 6.35. The molecule has 0 aliphatic heterocycles. The van der Waals surface area contributed by atoms with Crippen molar-refractivity contribution in [2.75, 3.05) is 0 Å². The first-order chi connectivity index (χ1) is 15.6. The van der Waals surface area contributed by atoms with Crippen molar-refractivity contribution >= 4 is 11.9 Å². The van der Waals surface area contributed by atoms with Crippen molar-refractivity contribution in [3.8, 4) is 0 Å². The Hall–Kier alpha value is -2.70. The van der Waals surface area contributed by atoms with E-state index in [9.17, 15) is 9.59 Å². The lowest BCUT2D eigenvalue weighted by molar-refractivity contribution is -0.363. The molecule has 2 radical (unpaired) electrons. The van der Waals surface area contributed by atoms with Crippen molar-refractivity contribution in [1.29, 1.82) is 0 Å². The minimum Gasteiger partial charge on any atom is -0.289 e. The Morgan fingerprint density at radius 1 is 0.656 bits per heavy atom. The van der Waals surface area contributed by atoms with E-state index in [1.54, 1.807) is 24.3 Å². The summed E-state index contributed by atoms with van der Waals surface area (Å²) in [4.78, 5) is 44.5. The first kappa shape index (κ1) is 25.6. The summed E-state index contributed by atoms with van der Waals surface area (Å²) < 4.78 is 0. The summed E-state index contributed by atoms with van der Waals surface area (Å²) in [6, 6.07) is 14.1. The third kappa shape index (κ3) is 8.81. The number of carbonyl (C=O) groups is 2. The molecule has 0 fully saturated rings. The highest BCUT2D eigenvalue weighted by Gasteiger charge is 2.21. The van der Waals surface area contributed by atoms with Gasteiger partial charge in [0.05, 0.1) is 11.1 Å². The van der Waals surface area contributed by atoms with Crippen LogP contribution in [0.15, 0.2) is 48.5 Å². The van der Waals surface area contributed by atoms with Gasteiger partial charge >= 0.3 is 18.2 Å². The number of aryl methyl sites for hydroxylation is 2. The highest BCUT2D eigenvalue weighted by atomic mass is 17.3. The van der Waals surface area contributed by atoms with E-state index in [1.807, 2.05) is 38.1 Å². The van der Waals surface area contributed by atoms with E-state index in [0.717, 1.165) is 56.1 Å². The van der Waals surface area contributed by atoms with Gasteiger partial charge in [-0.05, 0) is 54.7 Å². The maximum atomic E-state index is 12.3. The summed E-state index contributed by atoms with van der Waals surface area (Å²) in [6.07, 6.45) is 6.55. The van der Waals surface area contributed by atoms with Crippen LogP contribution >= 0.6 is 0 Å². The van der Waals surface area contributed by atoms with Crippen molar-refractivity contribution in [3.63, 3.8) is 0 Å². The molecule has 2 aromatic carbocycles. The molecule has 0 aromatic heterocycles. The maximum absolute atomic E-state index is 12.3. The molecule has 6 nitrogen and oxygen atoms in total. The molecular weight excluding hydrogens is 408 g/mol. The molecule has 32 heavy (non-hydrogen) atoms. The monoisotopic (exact) mass is 440 g/mol. The van der Waals surface area contributed by atoms with Gasteiger partial charge in [-0.25, -0.2) is 9.59 Å². The van der Waals surface area contributed by atoms with Gasteiger partial charge in [0, 0.05) is 6.42 Å². The number of hydrogen-bond acceptors (Lipinski definition) is 6. The summed E-state index contributed by atoms with van der Waals surface area (Å²) in [7, 11) is 0. The van der Waals surface area contributed by atoms with Gasteiger partial charge in [0.25, 0.3) is 0 Å². The first-order valence-corrected chi connectivity index (χ1v) is 11.2. The molecule has 0 heterocycles. The fourth-order valence-corrected chi connectivity index (χ4v) is 2.91. The predicted molar refractivity (Wildman–Crippen MR) is 121 cm³/mol. The Kier molecular flexibility index (Phi) is 11.5. The van der Waals surface area contributed by atoms with Crippen LogP contribution in [0.5, 0.6) is 0 Å². The van der Waals surface area contributed by atoms with Crippen LogP contribution < -0.4 is 0 Å². The molecule has 0 amide bonds. The summed E-state index contributed by atoms with van der Waals surface area (Å²) in [6.45, 7) is 7.89. The van der Waals surface area contributed by atoms with Gasteiger partial charge in [0.2, 0.25) is 0 Å². The van der Waals surface area contributed by atoms with Gasteiger partial charge in [-0.15, -0.1) is 9.78 Å². The van der Waals surface area contributed by atoms with Gasteiger partial charge in [-0.3, -0.25) is 9.78 Å². The zero-order valence-corrected chi connectivity index (χ0v) is 18.9. The molecule has 2 aromatic rings. The van der Waals surface area contributed by atoms with Gasteiger partial charge in [0.1, 0.15) is 0 Å². The molecule has 0 spiro atoms. The van der Waals surface area contributed by atoms with Crippen molar-refractivity contribution < 1.29 is 29.1 Å². The van der Waals surface area contributed by atoms with Crippen molar-refractivity contribution in [1.82, 2.24) is 0 Å². The average Bonchev–Trinajstić information content (AvgIpc) is 2.84. The lowest BCUT2D eigenvalue weighted by Gasteiger charge is -2.13. The summed E-state index contributed by atoms with van der Waals surface area (Å²) in [5, 5.41) is 0. The average molecular weight is 441 g/mol. The summed E-state index contributed by atoms with van der Waals surface area (Å²) in [5.41, 5.74) is 2.92. The lowest BCUT2D eigenvalue weighted by atomic mass is 10.1. The van der Waals surface area contributed by atoms with Crippen molar-refractivity contribution in [2.24, 2.45) is 0 Å².